The van der Waals surface area contributed by atoms with E-state index in [4.69, 9.17) is 4.42 Å². The van der Waals surface area contributed by atoms with Gasteiger partial charge < -0.3 is 9.73 Å². The summed E-state index contributed by atoms with van der Waals surface area (Å²) in [5.41, 5.74) is 4.04. The number of nitrogens with one attached hydrogen (secondary N) is 1. The van der Waals surface area contributed by atoms with Crippen LogP contribution in [-0.2, 0) is 6.42 Å². The van der Waals surface area contributed by atoms with Crippen molar-refractivity contribution in [2.75, 3.05) is 0 Å². The molecule has 2 rings (SSSR count). The van der Waals surface area contributed by atoms with Gasteiger partial charge in [0.1, 0.15) is 5.76 Å². The SMILES string of the molecule is Cc1ccc(C)c(C(C)NC(C)Cc2ccco2)c1. The third-order valence-corrected chi connectivity index (χ3v) is 3.52. The summed E-state index contributed by atoms with van der Waals surface area (Å²) < 4.78 is 5.39. The maximum Gasteiger partial charge on any atom is 0.105 e. The molecule has 0 saturated carbocycles. The summed E-state index contributed by atoms with van der Waals surface area (Å²) in [4.78, 5) is 0. The van der Waals surface area contributed by atoms with Crippen LogP contribution in [0, 0.1) is 13.8 Å². The van der Waals surface area contributed by atoms with Gasteiger partial charge in [-0.05, 0) is 51.0 Å². The van der Waals surface area contributed by atoms with Crippen molar-refractivity contribution in [1.82, 2.24) is 5.32 Å². The van der Waals surface area contributed by atoms with E-state index in [9.17, 15) is 0 Å². The molecule has 0 spiro atoms. The number of hydrogen-bond donors (Lipinski definition) is 1. The van der Waals surface area contributed by atoms with E-state index in [2.05, 4.69) is 51.2 Å². The van der Waals surface area contributed by atoms with Gasteiger partial charge in [0.05, 0.1) is 6.26 Å². The van der Waals surface area contributed by atoms with Crippen molar-refractivity contribution in [3.8, 4) is 0 Å². The first kappa shape index (κ1) is 13.9. The van der Waals surface area contributed by atoms with Crippen LogP contribution in [0.25, 0.3) is 0 Å². The zero-order chi connectivity index (χ0) is 13.8. The van der Waals surface area contributed by atoms with E-state index in [0.29, 0.717) is 12.1 Å². The lowest BCUT2D eigenvalue weighted by atomic mass is 9.99. The van der Waals surface area contributed by atoms with Crippen molar-refractivity contribution in [1.29, 1.82) is 0 Å². The Kier molecular flexibility index (Phi) is 4.43. The van der Waals surface area contributed by atoms with E-state index in [-0.39, 0.29) is 0 Å². The lowest BCUT2D eigenvalue weighted by molar-refractivity contribution is 0.428. The molecular weight excluding hydrogens is 234 g/mol. The molecule has 2 aromatic rings. The smallest absolute Gasteiger partial charge is 0.105 e. The van der Waals surface area contributed by atoms with Crippen molar-refractivity contribution in [3.05, 3.63) is 59.0 Å². The Morgan fingerprint density at radius 2 is 1.95 bits per heavy atom. The number of benzene rings is 1. The molecule has 2 atom stereocenters. The highest BCUT2D eigenvalue weighted by molar-refractivity contribution is 5.32. The molecule has 19 heavy (non-hydrogen) atoms. The first-order valence-electron chi connectivity index (χ1n) is 6.92. The minimum absolute atomic E-state index is 0.352. The molecule has 1 N–H and O–H groups in total. The van der Waals surface area contributed by atoms with Gasteiger partial charge in [0.25, 0.3) is 0 Å². The van der Waals surface area contributed by atoms with Crippen molar-refractivity contribution in [2.24, 2.45) is 0 Å². The van der Waals surface area contributed by atoms with Crippen LogP contribution in [0.3, 0.4) is 0 Å². The number of hydrogen-bond acceptors (Lipinski definition) is 2. The van der Waals surface area contributed by atoms with Crippen molar-refractivity contribution < 1.29 is 4.42 Å². The molecule has 1 aromatic heterocycles. The van der Waals surface area contributed by atoms with E-state index in [1.54, 1.807) is 6.26 Å². The van der Waals surface area contributed by atoms with E-state index >= 15 is 0 Å². The minimum Gasteiger partial charge on any atom is -0.469 e. The largest absolute Gasteiger partial charge is 0.469 e. The average Bonchev–Trinajstić information content (AvgIpc) is 2.84. The van der Waals surface area contributed by atoms with Gasteiger partial charge in [-0.2, -0.15) is 0 Å². The number of aryl methyl sites for hydroxylation is 2. The predicted octanol–water partition coefficient (Wildman–Crippen LogP) is 4.18. The van der Waals surface area contributed by atoms with Crippen LogP contribution in [0.1, 0.15) is 42.3 Å². The maximum absolute atomic E-state index is 5.39. The third-order valence-electron chi connectivity index (χ3n) is 3.52. The second-order valence-corrected chi connectivity index (χ2v) is 5.43. The molecule has 0 aliphatic rings. The van der Waals surface area contributed by atoms with Gasteiger partial charge in [-0.3, -0.25) is 0 Å². The van der Waals surface area contributed by atoms with E-state index in [1.165, 1.54) is 16.7 Å². The van der Waals surface area contributed by atoms with Gasteiger partial charge in [0, 0.05) is 18.5 Å². The van der Waals surface area contributed by atoms with Gasteiger partial charge in [0.2, 0.25) is 0 Å². The normalized spacial score (nSPS) is 14.3. The lowest BCUT2D eigenvalue weighted by Gasteiger charge is -2.21. The summed E-state index contributed by atoms with van der Waals surface area (Å²) in [6.45, 7) is 8.73. The summed E-state index contributed by atoms with van der Waals surface area (Å²) in [5.74, 6) is 1.04. The third kappa shape index (κ3) is 3.71. The summed E-state index contributed by atoms with van der Waals surface area (Å²) in [5, 5.41) is 3.64. The predicted molar refractivity (Wildman–Crippen MR) is 79.3 cm³/mol. The minimum atomic E-state index is 0.352. The van der Waals surface area contributed by atoms with Crippen LogP contribution in [-0.4, -0.2) is 6.04 Å². The monoisotopic (exact) mass is 257 g/mol. The Balaban J connectivity index is 2.00. The summed E-state index contributed by atoms with van der Waals surface area (Å²) >= 11 is 0. The van der Waals surface area contributed by atoms with Crippen LogP contribution in [0.5, 0.6) is 0 Å². The highest BCUT2D eigenvalue weighted by Gasteiger charge is 2.13. The van der Waals surface area contributed by atoms with Crippen molar-refractivity contribution >= 4 is 0 Å². The molecule has 0 aliphatic heterocycles. The van der Waals surface area contributed by atoms with Crippen molar-refractivity contribution in [3.63, 3.8) is 0 Å². The molecule has 1 heterocycles. The fraction of sp³-hybridized carbons (Fsp3) is 0.412. The highest BCUT2D eigenvalue weighted by atomic mass is 16.3. The molecular formula is C17H23NO. The van der Waals surface area contributed by atoms with Gasteiger partial charge in [-0.25, -0.2) is 0 Å². The summed E-state index contributed by atoms with van der Waals surface area (Å²) in [6.07, 6.45) is 2.65. The first-order chi connectivity index (χ1) is 9.06. The lowest BCUT2D eigenvalue weighted by Crippen LogP contribution is -2.31. The molecule has 0 saturated heterocycles. The highest BCUT2D eigenvalue weighted by Crippen LogP contribution is 2.20. The standard InChI is InChI=1S/C17H23NO/c1-12-7-8-13(2)17(10-12)15(4)18-14(3)11-16-6-5-9-19-16/h5-10,14-15,18H,11H2,1-4H3. The van der Waals surface area contributed by atoms with Gasteiger partial charge in [-0.15, -0.1) is 0 Å². The van der Waals surface area contributed by atoms with Gasteiger partial charge in [-0.1, -0.05) is 23.8 Å². The van der Waals surface area contributed by atoms with E-state index in [1.807, 2.05) is 12.1 Å². The second-order valence-electron chi connectivity index (χ2n) is 5.43. The van der Waals surface area contributed by atoms with Crippen LogP contribution in [0.2, 0.25) is 0 Å². The molecule has 2 nitrogen and oxygen atoms in total. The molecule has 0 radical (unpaired) electrons. The molecule has 0 bridgehead atoms. The Labute approximate surface area is 115 Å². The van der Waals surface area contributed by atoms with Gasteiger partial charge >= 0.3 is 0 Å². The van der Waals surface area contributed by atoms with Crippen LogP contribution < -0.4 is 5.32 Å². The molecule has 1 aromatic carbocycles. The summed E-state index contributed by atoms with van der Waals surface area (Å²) in [7, 11) is 0. The zero-order valence-electron chi connectivity index (χ0n) is 12.2. The molecule has 102 valence electrons. The first-order valence-corrected chi connectivity index (χ1v) is 6.92. The maximum atomic E-state index is 5.39. The average molecular weight is 257 g/mol. The van der Waals surface area contributed by atoms with Gasteiger partial charge in [0.15, 0.2) is 0 Å². The van der Waals surface area contributed by atoms with Crippen LogP contribution in [0.4, 0.5) is 0 Å². The van der Waals surface area contributed by atoms with Crippen molar-refractivity contribution in [2.45, 2.75) is 46.2 Å². The van der Waals surface area contributed by atoms with Crippen LogP contribution >= 0.6 is 0 Å². The van der Waals surface area contributed by atoms with E-state index in [0.717, 1.165) is 12.2 Å². The Morgan fingerprint density at radius 1 is 1.16 bits per heavy atom. The fourth-order valence-electron chi connectivity index (χ4n) is 2.53. The number of rotatable bonds is 5. The summed E-state index contributed by atoms with van der Waals surface area (Å²) in [6, 6.07) is 11.3. The molecule has 0 fully saturated rings. The topological polar surface area (TPSA) is 25.2 Å². The Morgan fingerprint density at radius 3 is 2.63 bits per heavy atom. The fourth-order valence-corrected chi connectivity index (χ4v) is 2.53. The Bertz CT molecular complexity index is 516. The quantitative estimate of drug-likeness (QED) is 0.869. The second kappa shape index (κ2) is 6.07. The Hall–Kier alpha value is -1.54. The molecule has 0 amide bonds. The van der Waals surface area contributed by atoms with E-state index < -0.39 is 0 Å². The van der Waals surface area contributed by atoms with Crippen LogP contribution in [0.15, 0.2) is 41.0 Å². The molecule has 2 heteroatoms. The molecule has 2 unspecified atom stereocenters. The zero-order valence-corrected chi connectivity index (χ0v) is 12.2. The molecule has 0 aliphatic carbocycles. The number of furan rings is 1.